The van der Waals surface area contributed by atoms with Crippen LogP contribution >= 0.6 is 0 Å². The maximum Gasteiger partial charge on any atom is 0.0398 e. The number of hydrogen-bond acceptors (Lipinski definition) is 2. The number of benzene rings is 1. The third-order valence-electron chi connectivity index (χ3n) is 4.14. The normalized spacial score (nSPS) is 19.0. The monoisotopic (exact) mass is 244 g/mol. The van der Waals surface area contributed by atoms with E-state index in [0.29, 0.717) is 0 Å². The van der Waals surface area contributed by atoms with Crippen molar-refractivity contribution in [2.24, 2.45) is 11.7 Å². The first-order valence-electron chi connectivity index (χ1n) is 7.34. The number of nitrogens with two attached hydrogens (primary N) is 1. The average Bonchev–Trinajstić information content (AvgIpc) is 3.21. The quantitative estimate of drug-likeness (QED) is 0.833. The van der Waals surface area contributed by atoms with E-state index < -0.39 is 0 Å². The highest BCUT2D eigenvalue weighted by Crippen LogP contribution is 2.38. The molecule has 18 heavy (non-hydrogen) atoms. The van der Waals surface area contributed by atoms with Gasteiger partial charge in [0.2, 0.25) is 0 Å². The summed E-state index contributed by atoms with van der Waals surface area (Å²) in [5.74, 6) is 0.966. The number of nitrogens with zero attached hydrogens (tertiary/aromatic N) is 1. The lowest BCUT2D eigenvalue weighted by molar-refractivity contribution is 0.716. The molecule has 0 unspecified atom stereocenters. The zero-order valence-electron chi connectivity index (χ0n) is 11.4. The van der Waals surface area contributed by atoms with Crippen molar-refractivity contribution in [3.05, 3.63) is 29.3 Å². The summed E-state index contributed by atoms with van der Waals surface area (Å²) in [6, 6.07) is 7.73. The Hall–Kier alpha value is -1.02. The Labute approximate surface area is 110 Å². The molecule has 0 amide bonds. The molecule has 2 aliphatic rings. The lowest BCUT2D eigenvalue weighted by atomic mass is 10.1. The highest BCUT2D eigenvalue weighted by atomic mass is 15.2. The SMILES string of the molecule is Cc1cc(CCN)ccc1N(CC1CC1)C1CC1. The first kappa shape index (κ1) is 12.0. The van der Waals surface area contributed by atoms with Gasteiger partial charge in [0, 0.05) is 18.3 Å². The van der Waals surface area contributed by atoms with Crippen LogP contribution in [0.3, 0.4) is 0 Å². The van der Waals surface area contributed by atoms with Gasteiger partial charge in [0.15, 0.2) is 0 Å². The van der Waals surface area contributed by atoms with Crippen molar-refractivity contribution < 1.29 is 0 Å². The van der Waals surface area contributed by atoms with Gasteiger partial charge in [0.25, 0.3) is 0 Å². The molecule has 0 atom stereocenters. The molecule has 0 bridgehead atoms. The van der Waals surface area contributed by atoms with Gasteiger partial charge in [-0.15, -0.1) is 0 Å². The molecule has 2 aliphatic carbocycles. The lowest BCUT2D eigenvalue weighted by Crippen LogP contribution is -2.28. The second-order valence-corrected chi connectivity index (χ2v) is 5.99. The van der Waals surface area contributed by atoms with Crippen LogP contribution in [-0.2, 0) is 6.42 Å². The van der Waals surface area contributed by atoms with Crippen LogP contribution in [0.2, 0.25) is 0 Å². The van der Waals surface area contributed by atoms with Crippen LogP contribution in [0.5, 0.6) is 0 Å². The molecular formula is C16H24N2. The maximum atomic E-state index is 5.63. The summed E-state index contributed by atoms with van der Waals surface area (Å²) in [6.45, 7) is 4.27. The van der Waals surface area contributed by atoms with Crippen LogP contribution in [0.25, 0.3) is 0 Å². The highest BCUT2D eigenvalue weighted by molar-refractivity contribution is 5.56. The van der Waals surface area contributed by atoms with Crippen LogP contribution in [0.1, 0.15) is 36.8 Å². The van der Waals surface area contributed by atoms with Crippen molar-refractivity contribution in [2.75, 3.05) is 18.0 Å². The van der Waals surface area contributed by atoms with Crippen molar-refractivity contribution in [1.29, 1.82) is 0 Å². The Morgan fingerprint density at radius 2 is 2.00 bits per heavy atom. The van der Waals surface area contributed by atoms with Gasteiger partial charge in [-0.1, -0.05) is 12.1 Å². The Bertz CT molecular complexity index is 419. The Morgan fingerprint density at radius 1 is 1.22 bits per heavy atom. The van der Waals surface area contributed by atoms with E-state index in [-0.39, 0.29) is 0 Å². The Kier molecular flexibility index (Phi) is 3.29. The molecule has 0 aliphatic heterocycles. The Balaban J connectivity index is 1.79. The van der Waals surface area contributed by atoms with Crippen molar-refractivity contribution in [3.8, 4) is 0 Å². The summed E-state index contributed by atoms with van der Waals surface area (Å²) in [5, 5.41) is 0. The first-order chi connectivity index (χ1) is 8.78. The Morgan fingerprint density at radius 3 is 2.56 bits per heavy atom. The smallest absolute Gasteiger partial charge is 0.0398 e. The van der Waals surface area contributed by atoms with Crippen molar-refractivity contribution >= 4 is 5.69 Å². The molecule has 1 aromatic carbocycles. The van der Waals surface area contributed by atoms with Gasteiger partial charge in [0.1, 0.15) is 0 Å². The molecule has 0 spiro atoms. The second kappa shape index (κ2) is 4.93. The number of rotatable bonds is 6. The molecular weight excluding hydrogens is 220 g/mol. The van der Waals surface area contributed by atoms with E-state index >= 15 is 0 Å². The van der Waals surface area contributed by atoms with Gasteiger partial charge in [-0.3, -0.25) is 0 Å². The summed E-state index contributed by atoms with van der Waals surface area (Å²) in [4.78, 5) is 2.67. The molecule has 2 nitrogen and oxygen atoms in total. The number of aryl methyl sites for hydroxylation is 1. The molecule has 3 rings (SSSR count). The van der Waals surface area contributed by atoms with Crippen LogP contribution in [0, 0.1) is 12.8 Å². The van der Waals surface area contributed by atoms with Crippen molar-refractivity contribution in [1.82, 2.24) is 0 Å². The maximum absolute atomic E-state index is 5.63. The molecule has 2 saturated carbocycles. The van der Waals surface area contributed by atoms with Gasteiger partial charge in [-0.05, 0) is 68.7 Å². The van der Waals surface area contributed by atoms with Crippen molar-refractivity contribution in [3.63, 3.8) is 0 Å². The van der Waals surface area contributed by atoms with Crippen LogP contribution < -0.4 is 10.6 Å². The minimum Gasteiger partial charge on any atom is -0.368 e. The van der Waals surface area contributed by atoms with E-state index in [1.54, 1.807) is 0 Å². The van der Waals surface area contributed by atoms with Gasteiger partial charge in [0.05, 0.1) is 0 Å². The fraction of sp³-hybridized carbons (Fsp3) is 0.625. The molecule has 98 valence electrons. The van der Waals surface area contributed by atoms with E-state index in [4.69, 9.17) is 5.73 Å². The zero-order chi connectivity index (χ0) is 12.5. The summed E-state index contributed by atoms with van der Waals surface area (Å²) in [7, 11) is 0. The predicted octanol–water partition coefficient (Wildman–Crippen LogP) is 2.88. The topological polar surface area (TPSA) is 29.3 Å². The fourth-order valence-corrected chi connectivity index (χ4v) is 2.77. The second-order valence-electron chi connectivity index (χ2n) is 5.99. The molecule has 1 aromatic rings. The van der Waals surface area contributed by atoms with E-state index in [1.165, 1.54) is 49.0 Å². The molecule has 2 heteroatoms. The minimum atomic E-state index is 0.743. The van der Waals surface area contributed by atoms with E-state index in [2.05, 4.69) is 30.0 Å². The highest BCUT2D eigenvalue weighted by Gasteiger charge is 2.34. The molecule has 0 saturated heterocycles. The number of hydrogen-bond donors (Lipinski definition) is 1. The van der Waals surface area contributed by atoms with Gasteiger partial charge < -0.3 is 10.6 Å². The zero-order valence-corrected chi connectivity index (χ0v) is 11.4. The van der Waals surface area contributed by atoms with Crippen LogP contribution in [0.4, 0.5) is 5.69 Å². The molecule has 0 radical (unpaired) electrons. The molecule has 2 N–H and O–H groups in total. The first-order valence-corrected chi connectivity index (χ1v) is 7.34. The fourth-order valence-electron chi connectivity index (χ4n) is 2.77. The van der Waals surface area contributed by atoms with Crippen molar-refractivity contribution in [2.45, 2.75) is 45.1 Å². The summed E-state index contributed by atoms with van der Waals surface area (Å²) >= 11 is 0. The third kappa shape index (κ3) is 2.69. The predicted molar refractivity (Wildman–Crippen MR) is 77.0 cm³/mol. The molecule has 0 heterocycles. The van der Waals surface area contributed by atoms with Crippen LogP contribution in [0.15, 0.2) is 18.2 Å². The lowest BCUT2D eigenvalue weighted by Gasteiger charge is -2.27. The van der Waals surface area contributed by atoms with E-state index in [1.807, 2.05) is 0 Å². The average molecular weight is 244 g/mol. The van der Waals surface area contributed by atoms with Gasteiger partial charge >= 0.3 is 0 Å². The molecule has 2 fully saturated rings. The third-order valence-corrected chi connectivity index (χ3v) is 4.14. The summed E-state index contributed by atoms with van der Waals surface area (Å²) in [5.41, 5.74) is 9.89. The molecule has 0 aromatic heterocycles. The van der Waals surface area contributed by atoms with E-state index in [9.17, 15) is 0 Å². The number of anilines is 1. The van der Waals surface area contributed by atoms with E-state index in [0.717, 1.165) is 24.9 Å². The summed E-state index contributed by atoms with van der Waals surface area (Å²) in [6.07, 6.45) is 6.64. The van der Waals surface area contributed by atoms with Gasteiger partial charge in [-0.25, -0.2) is 0 Å². The standard InChI is InChI=1S/C16H24N2/c1-12-10-13(8-9-17)4-7-16(12)18(15-5-6-15)11-14-2-3-14/h4,7,10,14-15H,2-3,5-6,8-9,11,17H2,1H3. The van der Waals surface area contributed by atoms with Gasteiger partial charge in [-0.2, -0.15) is 0 Å². The summed E-state index contributed by atoms with van der Waals surface area (Å²) < 4.78 is 0. The van der Waals surface area contributed by atoms with Crippen LogP contribution in [-0.4, -0.2) is 19.1 Å². The minimum absolute atomic E-state index is 0.743. The largest absolute Gasteiger partial charge is 0.368 e.